The molecule has 1 aliphatic rings. The third-order valence-electron chi connectivity index (χ3n) is 5.97. The predicted octanol–water partition coefficient (Wildman–Crippen LogP) is 7.89. The van der Waals surface area contributed by atoms with Crippen molar-refractivity contribution in [2.75, 3.05) is 13.1 Å². The van der Waals surface area contributed by atoms with E-state index in [1.54, 1.807) is 0 Å². The van der Waals surface area contributed by atoms with E-state index in [0.29, 0.717) is 6.17 Å². The van der Waals surface area contributed by atoms with E-state index in [4.69, 9.17) is 0 Å². The Morgan fingerprint density at radius 2 is 1.00 bits per heavy atom. The molecule has 0 amide bonds. The molecule has 0 N–H and O–H groups in total. The highest BCUT2D eigenvalue weighted by atomic mass is 15.4. The highest BCUT2D eigenvalue weighted by molar-refractivity contribution is 5.21. The first kappa shape index (κ1) is 22.8. The second-order valence-corrected chi connectivity index (χ2v) is 8.45. The summed E-state index contributed by atoms with van der Waals surface area (Å²) in [6.45, 7) is 6.93. The summed E-state index contributed by atoms with van der Waals surface area (Å²) >= 11 is 0. The zero-order valence-electron chi connectivity index (χ0n) is 18.6. The van der Waals surface area contributed by atoms with Crippen molar-refractivity contribution in [3.8, 4) is 0 Å². The number of benzene rings is 1. The summed E-state index contributed by atoms with van der Waals surface area (Å²) < 4.78 is 0. The second-order valence-electron chi connectivity index (χ2n) is 8.45. The first-order valence-corrected chi connectivity index (χ1v) is 12.1. The Labute approximate surface area is 175 Å². The van der Waals surface area contributed by atoms with Gasteiger partial charge in [0.1, 0.15) is 6.17 Å². The molecule has 1 aromatic rings. The van der Waals surface area contributed by atoms with E-state index >= 15 is 0 Å². The molecule has 1 heterocycles. The third kappa shape index (κ3) is 8.29. The fourth-order valence-electron chi connectivity index (χ4n) is 4.25. The largest absolute Gasteiger partial charge is 0.352 e. The Kier molecular flexibility index (Phi) is 11.9. The van der Waals surface area contributed by atoms with Gasteiger partial charge in [-0.1, -0.05) is 115 Å². The summed E-state index contributed by atoms with van der Waals surface area (Å²) in [6.07, 6.45) is 22.9. The van der Waals surface area contributed by atoms with Gasteiger partial charge in [0.05, 0.1) is 0 Å². The van der Waals surface area contributed by atoms with Crippen LogP contribution in [0.3, 0.4) is 0 Å². The molecule has 0 spiro atoms. The van der Waals surface area contributed by atoms with Gasteiger partial charge < -0.3 is 9.80 Å². The van der Waals surface area contributed by atoms with Crippen molar-refractivity contribution in [1.82, 2.24) is 9.80 Å². The van der Waals surface area contributed by atoms with Crippen molar-refractivity contribution >= 4 is 0 Å². The molecule has 28 heavy (non-hydrogen) atoms. The Bertz CT molecular complexity index is 510. The highest BCUT2D eigenvalue weighted by Crippen LogP contribution is 2.31. The fraction of sp³-hybridized carbons (Fsp3) is 0.692. The molecule has 1 aromatic carbocycles. The Hall–Kier alpha value is -1.44. The van der Waals surface area contributed by atoms with Crippen molar-refractivity contribution in [1.29, 1.82) is 0 Å². The molecule has 1 atom stereocenters. The van der Waals surface area contributed by atoms with Gasteiger partial charge in [0.15, 0.2) is 0 Å². The summed E-state index contributed by atoms with van der Waals surface area (Å²) in [7, 11) is 0. The molecule has 2 nitrogen and oxygen atoms in total. The quantitative estimate of drug-likeness (QED) is 0.267. The van der Waals surface area contributed by atoms with E-state index in [9.17, 15) is 0 Å². The van der Waals surface area contributed by atoms with Crippen LogP contribution in [0, 0.1) is 0 Å². The van der Waals surface area contributed by atoms with Crippen LogP contribution in [0.4, 0.5) is 0 Å². The zero-order chi connectivity index (χ0) is 19.9. The van der Waals surface area contributed by atoms with E-state index in [1.165, 1.54) is 102 Å². The molecule has 0 aromatic heterocycles. The minimum atomic E-state index is 0.400. The fourth-order valence-corrected chi connectivity index (χ4v) is 4.25. The van der Waals surface area contributed by atoms with Gasteiger partial charge in [-0.3, -0.25) is 0 Å². The van der Waals surface area contributed by atoms with Gasteiger partial charge in [-0.2, -0.15) is 0 Å². The summed E-state index contributed by atoms with van der Waals surface area (Å²) in [5.74, 6) is 0. The number of hydrogen-bond donors (Lipinski definition) is 0. The Morgan fingerprint density at radius 1 is 0.571 bits per heavy atom. The van der Waals surface area contributed by atoms with Gasteiger partial charge in [0.25, 0.3) is 0 Å². The van der Waals surface area contributed by atoms with Crippen LogP contribution in [0.25, 0.3) is 0 Å². The highest BCUT2D eigenvalue weighted by Gasteiger charge is 2.26. The monoisotopic (exact) mass is 384 g/mol. The zero-order valence-corrected chi connectivity index (χ0v) is 18.6. The van der Waals surface area contributed by atoms with Gasteiger partial charge in [0.2, 0.25) is 0 Å². The lowest BCUT2D eigenvalue weighted by molar-refractivity contribution is 0.150. The van der Waals surface area contributed by atoms with Gasteiger partial charge in [-0.15, -0.1) is 0 Å². The van der Waals surface area contributed by atoms with Crippen molar-refractivity contribution < 1.29 is 0 Å². The van der Waals surface area contributed by atoms with Crippen molar-refractivity contribution in [2.24, 2.45) is 0 Å². The van der Waals surface area contributed by atoms with E-state index < -0.39 is 0 Å². The average molecular weight is 385 g/mol. The molecule has 1 unspecified atom stereocenters. The number of rotatable bonds is 16. The van der Waals surface area contributed by atoms with Crippen molar-refractivity contribution in [3.63, 3.8) is 0 Å². The average Bonchev–Trinajstić information content (AvgIpc) is 3.13. The molecular weight excluding hydrogens is 340 g/mol. The Morgan fingerprint density at radius 3 is 1.46 bits per heavy atom. The third-order valence-corrected chi connectivity index (χ3v) is 5.97. The van der Waals surface area contributed by atoms with E-state index in [1.807, 2.05) is 0 Å². The number of hydrogen-bond acceptors (Lipinski definition) is 2. The molecule has 0 aliphatic carbocycles. The maximum Gasteiger partial charge on any atom is 0.127 e. The molecule has 158 valence electrons. The van der Waals surface area contributed by atoms with E-state index in [2.05, 4.69) is 66.4 Å². The van der Waals surface area contributed by atoms with Gasteiger partial charge >= 0.3 is 0 Å². The smallest absolute Gasteiger partial charge is 0.127 e. The molecule has 2 rings (SSSR count). The van der Waals surface area contributed by atoms with Crippen LogP contribution < -0.4 is 0 Å². The summed E-state index contributed by atoms with van der Waals surface area (Å²) in [4.78, 5) is 5.13. The molecular formula is C26H44N2. The predicted molar refractivity (Wildman–Crippen MR) is 123 cm³/mol. The lowest BCUT2D eigenvalue weighted by Gasteiger charge is -2.33. The number of nitrogens with zero attached hydrogens (tertiary/aromatic N) is 2. The second kappa shape index (κ2) is 14.5. The van der Waals surface area contributed by atoms with Crippen molar-refractivity contribution in [2.45, 2.75) is 103 Å². The minimum Gasteiger partial charge on any atom is -0.352 e. The van der Waals surface area contributed by atoms with Gasteiger partial charge in [-0.25, -0.2) is 0 Å². The Balaban J connectivity index is 1.76. The van der Waals surface area contributed by atoms with Crippen LogP contribution in [0.1, 0.15) is 109 Å². The van der Waals surface area contributed by atoms with E-state index in [-0.39, 0.29) is 0 Å². The van der Waals surface area contributed by atoms with Crippen LogP contribution in [0.15, 0.2) is 42.7 Å². The van der Waals surface area contributed by atoms with Gasteiger partial charge in [0, 0.05) is 25.5 Å². The van der Waals surface area contributed by atoms with Crippen LogP contribution in [-0.2, 0) is 0 Å². The standard InChI is InChI=1S/C26H44N2/c1-3-5-7-9-10-11-13-18-22-28-24-23-27(21-17-12-8-6-4-2)26(28)25-19-15-14-16-20-25/h14-16,19-20,23-24,26H,3-13,17-18,21-22H2,1-2H3. The van der Waals surface area contributed by atoms with Gasteiger partial charge in [-0.05, 0) is 18.4 Å². The maximum atomic E-state index is 2.57. The first-order valence-electron chi connectivity index (χ1n) is 12.1. The summed E-state index contributed by atoms with van der Waals surface area (Å²) in [5, 5.41) is 0. The van der Waals surface area contributed by atoms with E-state index in [0.717, 1.165) is 0 Å². The molecule has 1 aliphatic heterocycles. The number of unbranched alkanes of at least 4 members (excludes halogenated alkanes) is 11. The molecule has 0 radical (unpaired) electrons. The molecule has 2 heteroatoms. The normalized spacial score (nSPS) is 16.3. The van der Waals surface area contributed by atoms with Crippen LogP contribution in [0.5, 0.6) is 0 Å². The van der Waals surface area contributed by atoms with Crippen LogP contribution >= 0.6 is 0 Å². The SMILES string of the molecule is CCCCCCCCCCN1C=CN(CCCCCCC)C1c1ccccc1. The first-order chi connectivity index (χ1) is 13.9. The van der Waals surface area contributed by atoms with Crippen LogP contribution in [-0.4, -0.2) is 22.9 Å². The molecule has 0 bridgehead atoms. The topological polar surface area (TPSA) is 6.48 Å². The summed E-state index contributed by atoms with van der Waals surface area (Å²) in [6, 6.07) is 11.1. The molecule has 0 saturated heterocycles. The lowest BCUT2D eigenvalue weighted by atomic mass is 10.1. The maximum absolute atomic E-state index is 2.57. The van der Waals surface area contributed by atoms with Crippen molar-refractivity contribution in [3.05, 3.63) is 48.3 Å². The minimum absolute atomic E-state index is 0.400. The molecule has 0 saturated carbocycles. The lowest BCUT2D eigenvalue weighted by Crippen LogP contribution is -2.32. The molecule has 0 fully saturated rings. The van der Waals surface area contributed by atoms with Crippen LogP contribution in [0.2, 0.25) is 0 Å². The summed E-state index contributed by atoms with van der Waals surface area (Å²) in [5.41, 5.74) is 1.43.